The maximum Gasteiger partial charge on any atom is 0.245 e. The SMILES string of the molecule is CCCCc1ccc(NCC(=O)Nc2ncc(Cc3ccc(F)cc3)s2)cc1. The Morgan fingerprint density at radius 3 is 2.50 bits per heavy atom. The first kappa shape index (κ1) is 20.0. The van der Waals surface area contributed by atoms with Gasteiger partial charge in [-0.15, -0.1) is 11.3 Å². The summed E-state index contributed by atoms with van der Waals surface area (Å²) in [6.45, 7) is 2.36. The second-order valence-corrected chi connectivity index (χ2v) is 7.75. The van der Waals surface area contributed by atoms with Crippen LogP contribution in [0.15, 0.2) is 54.7 Å². The minimum atomic E-state index is -0.246. The Bertz CT molecular complexity index is 891. The summed E-state index contributed by atoms with van der Waals surface area (Å²) in [7, 11) is 0. The lowest BCUT2D eigenvalue weighted by Gasteiger charge is -2.07. The van der Waals surface area contributed by atoms with Gasteiger partial charge in [-0.25, -0.2) is 9.37 Å². The second kappa shape index (κ2) is 9.99. The van der Waals surface area contributed by atoms with Gasteiger partial charge in [0.1, 0.15) is 5.82 Å². The number of carbonyl (C=O) groups is 1. The van der Waals surface area contributed by atoms with Crippen molar-refractivity contribution >= 4 is 28.1 Å². The van der Waals surface area contributed by atoms with Gasteiger partial charge in [0.25, 0.3) is 0 Å². The number of nitrogens with zero attached hydrogens (tertiary/aromatic N) is 1. The zero-order valence-electron chi connectivity index (χ0n) is 15.9. The topological polar surface area (TPSA) is 54.0 Å². The molecule has 1 heterocycles. The van der Waals surface area contributed by atoms with Gasteiger partial charge >= 0.3 is 0 Å². The number of benzene rings is 2. The number of anilines is 2. The van der Waals surface area contributed by atoms with Crippen LogP contribution in [0.3, 0.4) is 0 Å². The maximum absolute atomic E-state index is 13.0. The molecule has 3 aromatic rings. The minimum Gasteiger partial charge on any atom is -0.376 e. The average Bonchev–Trinajstić information content (AvgIpc) is 3.14. The van der Waals surface area contributed by atoms with Crippen molar-refractivity contribution in [3.05, 3.63) is 76.5 Å². The molecule has 6 heteroatoms. The van der Waals surface area contributed by atoms with Crippen molar-refractivity contribution in [3.63, 3.8) is 0 Å². The van der Waals surface area contributed by atoms with Crippen molar-refractivity contribution in [2.24, 2.45) is 0 Å². The number of halogens is 1. The van der Waals surface area contributed by atoms with E-state index in [-0.39, 0.29) is 18.3 Å². The Labute approximate surface area is 168 Å². The lowest BCUT2D eigenvalue weighted by molar-refractivity contribution is -0.114. The first-order valence-electron chi connectivity index (χ1n) is 9.44. The van der Waals surface area contributed by atoms with E-state index in [1.807, 2.05) is 12.1 Å². The highest BCUT2D eigenvalue weighted by molar-refractivity contribution is 7.15. The van der Waals surface area contributed by atoms with Gasteiger partial charge in [0.2, 0.25) is 5.91 Å². The van der Waals surface area contributed by atoms with Crippen molar-refractivity contribution in [1.29, 1.82) is 0 Å². The van der Waals surface area contributed by atoms with E-state index in [9.17, 15) is 9.18 Å². The number of hydrogen-bond donors (Lipinski definition) is 2. The van der Waals surface area contributed by atoms with Crippen LogP contribution in [0.25, 0.3) is 0 Å². The van der Waals surface area contributed by atoms with Crippen molar-refractivity contribution in [3.8, 4) is 0 Å². The van der Waals surface area contributed by atoms with E-state index in [0.717, 1.165) is 22.5 Å². The molecule has 0 spiro atoms. The summed E-state index contributed by atoms with van der Waals surface area (Å²) in [6.07, 6.45) is 5.86. The number of thiazole rings is 1. The molecule has 1 aromatic heterocycles. The molecule has 146 valence electrons. The molecule has 0 saturated heterocycles. The van der Waals surface area contributed by atoms with E-state index in [1.165, 1.54) is 41.9 Å². The Balaban J connectivity index is 1.46. The van der Waals surface area contributed by atoms with Gasteiger partial charge in [-0.3, -0.25) is 4.79 Å². The molecule has 0 aliphatic heterocycles. The van der Waals surface area contributed by atoms with Gasteiger partial charge in [-0.1, -0.05) is 37.6 Å². The number of unbranched alkanes of at least 4 members (excludes halogenated alkanes) is 1. The largest absolute Gasteiger partial charge is 0.376 e. The Hall–Kier alpha value is -2.73. The molecular formula is C22H24FN3OS. The van der Waals surface area contributed by atoms with Crippen LogP contribution in [0, 0.1) is 5.82 Å². The van der Waals surface area contributed by atoms with Crippen molar-refractivity contribution in [1.82, 2.24) is 4.98 Å². The third-order valence-corrected chi connectivity index (χ3v) is 5.23. The molecular weight excluding hydrogens is 373 g/mol. The lowest BCUT2D eigenvalue weighted by atomic mass is 10.1. The summed E-state index contributed by atoms with van der Waals surface area (Å²) >= 11 is 1.43. The predicted octanol–water partition coefficient (Wildman–Crippen LogP) is 5.27. The van der Waals surface area contributed by atoms with Crippen molar-refractivity contribution in [2.75, 3.05) is 17.2 Å². The standard InChI is InChI=1S/C22H24FN3OS/c1-2-3-4-16-7-11-19(12-8-16)24-15-21(27)26-22-25-14-20(28-22)13-17-5-9-18(23)10-6-17/h5-12,14,24H,2-4,13,15H2,1H3,(H,25,26,27). The zero-order valence-corrected chi connectivity index (χ0v) is 16.7. The van der Waals surface area contributed by atoms with Crippen LogP contribution in [-0.2, 0) is 17.6 Å². The fourth-order valence-corrected chi connectivity index (χ4v) is 3.63. The van der Waals surface area contributed by atoms with Gasteiger partial charge in [0.15, 0.2) is 5.13 Å². The quantitative estimate of drug-likeness (QED) is 0.517. The molecule has 2 aromatic carbocycles. The monoisotopic (exact) mass is 397 g/mol. The fourth-order valence-electron chi connectivity index (χ4n) is 2.77. The minimum absolute atomic E-state index is 0.141. The highest BCUT2D eigenvalue weighted by Gasteiger charge is 2.08. The number of amides is 1. The fraction of sp³-hybridized carbons (Fsp3) is 0.273. The highest BCUT2D eigenvalue weighted by atomic mass is 32.1. The lowest BCUT2D eigenvalue weighted by Crippen LogP contribution is -2.21. The molecule has 0 bridgehead atoms. The summed E-state index contributed by atoms with van der Waals surface area (Å²) in [5, 5.41) is 6.51. The summed E-state index contributed by atoms with van der Waals surface area (Å²) < 4.78 is 13.0. The molecule has 3 rings (SSSR count). The molecule has 0 aliphatic rings. The molecule has 0 atom stereocenters. The first-order chi connectivity index (χ1) is 13.6. The zero-order chi connectivity index (χ0) is 19.8. The molecule has 1 amide bonds. The number of aromatic nitrogens is 1. The summed E-state index contributed by atoms with van der Waals surface area (Å²) in [5.74, 6) is -0.387. The van der Waals surface area contributed by atoms with Crippen molar-refractivity contribution in [2.45, 2.75) is 32.6 Å². The van der Waals surface area contributed by atoms with E-state index >= 15 is 0 Å². The normalized spacial score (nSPS) is 10.6. The molecule has 0 aliphatic carbocycles. The van der Waals surface area contributed by atoms with Crippen molar-refractivity contribution < 1.29 is 9.18 Å². The summed E-state index contributed by atoms with van der Waals surface area (Å²) in [4.78, 5) is 17.4. The first-order valence-corrected chi connectivity index (χ1v) is 10.3. The molecule has 4 nitrogen and oxygen atoms in total. The van der Waals surface area contributed by atoms with E-state index in [0.29, 0.717) is 11.6 Å². The Morgan fingerprint density at radius 1 is 1.07 bits per heavy atom. The van der Waals surface area contributed by atoms with E-state index < -0.39 is 0 Å². The number of nitrogens with one attached hydrogen (secondary N) is 2. The molecule has 2 N–H and O–H groups in total. The van der Waals surface area contributed by atoms with Crippen LogP contribution in [0.4, 0.5) is 15.2 Å². The number of rotatable bonds is 9. The van der Waals surface area contributed by atoms with Crippen LogP contribution in [-0.4, -0.2) is 17.4 Å². The summed E-state index contributed by atoms with van der Waals surface area (Å²) in [5.41, 5.74) is 3.24. The Kier molecular flexibility index (Phi) is 7.14. The molecule has 0 unspecified atom stereocenters. The van der Waals surface area contributed by atoms with Crippen LogP contribution in [0.1, 0.15) is 35.8 Å². The van der Waals surface area contributed by atoms with Crippen LogP contribution in [0.2, 0.25) is 0 Å². The maximum atomic E-state index is 13.0. The van der Waals surface area contributed by atoms with Crippen LogP contribution < -0.4 is 10.6 Å². The number of hydrogen-bond acceptors (Lipinski definition) is 4. The highest BCUT2D eigenvalue weighted by Crippen LogP contribution is 2.21. The predicted molar refractivity (Wildman–Crippen MR) is 113 cm³/mol. The van der Waals surface area contributed by atoms with Crippen LogP contribution >= 0.6 is 11.3 Å². The molecule has 0 fully saturated rings. The van der Waals surface area contributed by atoms with Gasteiger partial charge in [0, 0.05) is 23.2 Å². The molecule has 0 saturated carbocycles. The number of carbonyl (C=O) groups excluding carboxylic acids is 1. The average molecular weight is 398 g/mol. The third kappa shape index (κ3) is 6.16. The Morgan fingerprint density at radius 2 is 1.79 bits per heavy atom. The van der Waals surface area contributed by atoms with E-state index in [4.69, 9.17) is 0 Å². The van der Waals surface area contributed by atoms with Crippen LogP contribution in [0.5, 0.6) is 0 Å². The summed E-state index contributed by atoms with van der Waals surface area (Å²) in [6, 6.07) is 14.6. The van der Waals surface area contributed by atoms with E-state index in [2.05, 4.69) is 34.7 Å². The smallest absolute Gasteiger partial charge is 0.245 e. The van der Waals surface area contributed by atoms with Gasteiger partial charge in [-0.05, 0) is 48.2 Å². The third-order valence-electron chi connectivity index (χ3n) is 4.32. The number of aryl methyl sites for hydroxylation is 1. The van der Waals surface area contributed by atoms with Gasteiger partial charge in [-0.2, -0.15) is 0 Å². The molecule has 28 heavy (non-hydrogen) atoms. The second-order valence-electron chi connectivity index (χ2n) is 6.64. The van der Waals surface area contributed by atoms with Gasteiger partial charge in [0.05, 0.1) is 6.54 Å². The van der Waals surface area contributed by atoms with E-state index in [1.54, 1.807) is 18.3 Å². The molecule has 0 radical (unpaired) electrons. The van der Waals surface area contributed by atoms with Gasteiger partial charge < -0.3 is 10.6 Å².